The van der Waals surface area contributed by atoms with E-state index in [1.54, 1.807) is 9.80 Å². The second kappa shape index (κ2) is 13.0. The van der Waals surface area contributed by atoms with Gasteiger partial charge in [0.25, 0.3) is 0 Å². The van der Waals surface area contributed by atoms with Crippen LogP contribution in [0.4, 0.5) is 9.59 Å². The average Bonchev–Trinajstić information content (AvgIpc) is 3.70. The Balaban J connectivity index is 0.000000165. The van der Waals surface area contributed by atoms with Crippen LogP contribution >= 0.6 is 0 Å². The van der Waals surface area contributed by atoms with Crippen LogP contribution in [0.5, 0.6) is 0 Å². The predicted molar refractivity (Wildman–Crippen MR) is 133 cm³/mol. The zero-order valence-corrected chi connectivity index (χ0v) is 20.1. The molecule has 2 fully saturated rings. The largest absolute Gasteiger partial charge is 0.445 e. The number of benzene rings is 2. The molecule has 186 valence electrons. The zero-order valence-electron chi connectivity index (χ0n) is 20.1. The van der Waals surface area contributed by atoms with Crippen LogP contribution in [0.3, 0.4) is 0 Å². The molecule has 35 heavy (non-hydrogen) atoms. The molecular weight excluding hydrogens is 444 g/mol. The fraction of sp³-hybridized carbons (Fsp3) is 0.429. The van der Waals surface area contributed by atoms with Gasteiger partial charge in [-0.3, -0.25) is 0 Å². The standard InChI is InChI=1S/C14H17NO3.C14H17NO2/c16-14(17-10-11-5-2-1-3-6-11)15-8-4-7-12-13(9-15)18-12;16-14(15-10-6-1-2-7-11-15)17-12-13-8-4-3-5-9-13/h1-3,5-6,12-13H,4,7-10H2;1,3-6,8-9H,2,7,10-12H2. The highest BCUT2D eigenvalue weighted by Crippen LogP contribution is 2.30. The maximum atomic E-state index is 11.9. The minimum atomic E-state index is -0.227. The fourth-order valence-corrected chi connectivity index (χ4v) is 4.15. The third-order valence-corrected chi connectivity index (χ3v) is 6.22. The first kappa shape index (κ1) is 24.8. The second-order valence-electron chi connectivity index (χ2n) is 8.94. The third kappa shape index (κ3) is 8.14. The van der Waals surface area contributed by atoms with Crippen molar-refractivity contribution in [1.82, 2.24) is 9.80 Å². The van der Waals surface area contributed by atoms with Crippen molar-refractivity contribution in [3.8, 4) is 0 Å². The van der Waals surface area contributed by atoms with Crippen LogP contribution < -0.4 is 0 Å². The number of amides is 2. The van der Waals surface area contributed by atoms with Crippen molar-refractivity contribution in [1.29, 1.82) is 0 Å². The first-order valence-corrected chi connectivity index (χ1v) is 12.4. The summed E-state index contributed by atoms with van der Waals surface area (Å²) in [7, 11) is 0. The number of allylic oxidation sites excluding steroid dienone is 1. The highest BCUT2D eigenvalue weighted by Gasteiger charge is 2.42. The molecule has 2 atom stereocenters. The molecule has 2 amide bonds. The van der Waals surface area contributed by atoms with Crippen LogP contribution in [-0.4, -0.2) is 60.4 Å². The number of hydrogen-bond acceptors (Lipinski definition) is 5. The van der Waals surface area contributed by atoms with Crippen molar-refractivity contribution < 1.29 is 23.8 Å². The molecule has 3 aliphatic heterocycles. The maximum absolute atomic E-state index is 11.9. The quantitative estimate of drug-likeness (QED) is 0.448. The Morgan fingerprint density at radius 2 is 1.37 bits per heavy atom. The molecule has 0 radical (unpaired) electrons. The molecule has 2 saturated heterocycles. The summed E-state index contributed by atoms with van der Waals surface area (Å²) in [6, 6.07) is 19.5. The van der Waals surface area contributed by atoms with E-state index >= 15 is 0 Å². The lowest BCUT2D eigenvalue weighted by molar-refractivity contribution is 0.0922. The van der Waals surface area contributed by atoms with E-state index in [2.05, 4.69) is 6.08 Å². The number of nitrogens with zero attached hydrogens (tertiary/aromatic N) is 2. The van der Waals surface area contributed by atoms with E-state index in [0.29, 0.717) is 32.4 Å². The van der Waals surface area contributed by atoms with Gasteiger partial charge in [-0.05, 0) is 36.8 Å². The summed E-state index contributed by atoms with van der Waals surface area (Å²) >= 11 is 0. The number of carbonyl (C=O) groups is 2. The van der Waals surface area contributed by atoms with E-state index in [4.69, 9.17) is 14.2 Å². The van der Waals surface area contributed by atoms with E-state index in [0.717, 1.165) is 49.9 Å². The van der Waals surface area contributed by atoms with Crippen molar-refractivity contribution in [3.63, 3.8) is 0 Å². The van der Waals surface area contributed by atoms with E-state index < -0.39 is 0 Å². The van der Waals surface area contributed by atoms with Gasteiger partial charge in [0.05, 0.1) is 12.6 Å². The normalized spacial score (nSPS) is 20.9. The van der Waals surface area contributed by atoms with Crippen LogP contribution in [0.2, 0.25) is 0 Å². The van der Waals surface area contributed by atoms with Crippen LogP contribution in [-0.2, 0) is 27.4 Å². The van der Waals surface area contributed by atoms with Crippen LogP contribution in [0.25, 0.3) is 0 Å². The molecule has 0 spiro atoms. The number of carbonyl (C=O) groups excluding carboxylic acids is 2. The summed E-state index contributed by atoms with van der Waals surface area (Å²) < 4.78 is 16.0. The monoisotopic (exact) mass is 478 g/mol. The molecule has 5 rings (SSSR count). The molecule has 3 aliphatic rings. The molecule has 0 saturated carbocycles. The number of hydrogen-bond donors (Lipinski definition) is 0. The summed E-state index contributed by atoms with van der Waals surface area (Å²) in [5.41, 5.74) is 2.03. The maximum Gasteiger partial charge on any atom is 0.410 e. The number of likely N-dealkylation sites (tertiary alicyclic amines) is 1. The Morgan fingerprint density at radius 1 is 0.771 bits per heavy atom. The van der Waals surface area contributed by atoms with Crippen molar-refractivity contribution >= 4 is 12.2 Å². The van der Waals surface area contributed by atoms with Crippen molar-refractivity contribution in [2.75, 3.05) is 26.2 Å². The molecular formula is C28H34N2O5. The Labute approximate surface area is 207 Å². The number of epoxide rings is 1. The van der Waals surface area contributed by atoms with E-state index in [-0.39, 0.29) is 18.3 Å². The topological polar surface area (TPSA) is 71.6 Å². The smallest absolute Gasteiger partial charge is 0.410 e. The SMILES string of the molecule is O=C(OCc1ccccc1)N1CC=CCCC1.O=C(OCc1ccccc1)N1CCCC2OC2C1. The summed E-state index contributed by atoms with van der Waals surface area (Å²) in [6.07, 6.45) is 8.44. The summed E-state index contributed by atoms with van der Waals surface area (Å²) in [5.74, 6) is 0. The first-order valence-electron chi connectivity index (χ1n) is 12.4. The molecule has 0 aliphatic carbocycles. The average molecular weight is 479 g/mol. The van der Waals surface area contributed by atoms with Gasteiger partial charge < -0.3 is 24.0 Å². The van der Waals surface area contributed by atoms with Gasteiger partial charge in [0.2, 0.25) is 0 Å². The van der Waals surface area contributed by atoms with E-state index in [9.17, 15) is 9.59 Å². The first-order chi connectivity index (χ1) is 17.2. The van der Waals surface area contributed by atoms with Gasteiger partial charge in [-0.25, -0.2) is 9.59 Å². The van der Waals surface area contributed by atoms with Crippen molar-refractivity contribution in [2.45, 2.75) is 51.1 Å². The lowest BCUT2D eigenvalue weighted by Crippen LogP contribution is -2.34. The number of rotatable bonds is 4. The number of ether oxygens (including phenoxy) is 3. The molecule has 7 nitrogen and oxygen atoms in total. The number of fused-ring (bicyclic) bond motifs is 1. The molecule has 7 heteroatoms. The Morgan fingerprint density at radius 3 is 2.03 bits per heavy atom. The zero-order chi connectivity index (χ0) is 24.3. The second-order valence-corrected chi connectivity index (χ2v) is 8.94. The highest BCUT2D eigenvalue weighted by atomic mass is 16.6. The molecule has 0 bridgehead atoms. The van der Waals surface area contributed by atoms with E-state index in [1.165, 1.54) is 0 Å². The van der Waals surface area contributed by atoms with Gasteiger partial charge in [-0.1, -0.05) is 72.8 Å². The van der Waals surface area contributed by atoms with Gasteiger partial charge in [0.15, 0.2) is 0 Å². The molecule has 2 unspecified atom stereocenters. The van der Waals surface area contributed by atoms with Gasteiger partial charge >= 0.3 is 12.2 Å². The lowest BCUT2D eigenvalue weighted by Gasteiger charge is -2.20. The van der Waals surface area contributed by atoms with Crippen LogP contribution in [0.15, 0.2) is 72.8 Å². The van der Waals surface area contributed by atoms with Gasteiger partial charge in [-0.2, -0.15) is 0 Å². The lowest BCUT2D eigenvalue weighted by atomic mass is 10.2. The van der Waals surface area contributed by atoms with Gasteiger partial charge in [0, 0.05) is 19.6 Å². The summed E-state index contributed by atoms with van der Waals surface area (Å²) in [6.45, 7) is 3.58. The Bertz CT molecular complexity index is 966. The Hall–Kier alpha value is -3.32. The minimum absolute atomic E-state index is 0.222. The summed E-state index contributed by atoms with van der Waals surface area (Å²) in [4.78, 5) is 27.2. The highest BCUT2D eigenvalue weighted by molar-refractivity contribution is 5.68. The molecule has 3 heterocycles. The van der Waals surface area contributed by atoms with E-state index in [1.807, 2.05) is 66.7 Å². The predicted octanol–water partition coefficient (Wildman–Crippen LogP) is 5.16. The minimum Gasteiger partial charge on any atom is -0.445 e. The summed E-state index contributed by atoms with van der Waals surface area (Å²) in [5, 5.41) is 0. The van der Waals surface area contributed by atoms with Crippen LogP contribution in [0, 0.1) is 0 Å². The fourth-order valence-electron chi connectivity index (χ4n) is 4.15. The van der Waals surface area contributed by atoms with Crippen LogP contribution in [0.1, 0.15) is 36.8 Å². The van der Waals surface area contributed by atoms with Gasteiger partial charge in [-0.15, -0.1) is 0 Å². The molecule has 0 aromatic heterocycles. The van der Waals surface area contributed by atoms with Crippen molar-refractivity contribution in [2.24, 2.45) is 0 Å². The Kier molecular flexibility index (Phi) is 9.17. The van der Waals surface area contributed by atoms with Gasteiger partial charge in [0.1, 0.15) is 19.3 Å². The molecule has 0 N–H and O–H groups in total. The molecule has 2 aromatic carbocycles. The van der Waals surface area contributed by atoms with Crippen molar-refractivity contribution in [3.05, 3.63) is 83.9 Å². The molecule has 2 aromatic rings. The third-order valence-electron chi connectivity index (χ3n) is 6.22.